The Hall–Kier alpha value is -0.0300. The van der Waals surface area contributed by atoms with Gasteiger partial charge in [-0.05, 0) is 18.8 Å². The van der Waals surface area contributed by atoms with Gasteiger partial charge in [0.1, 0.15) is 0 Å². The molecule has 1 aliphatic heterocycles. The van der Waals surface area contributed by atoms with Crippen LogP contribution in [-0.2, 0) is 4.79 Å². The Labute approximate surface area is 128 Å². The molecule has 2 rings (SSSR count). The third-order valence-corrected chi connectivity index (χ3v) is 4.03. The predicted octanol–water partition coefficient (Wildman–Crippen LogP) is 1.43. The van der Waals surface area contributed by atoms with Crippen LogP contribution in [0.5, 0.6) is 0 Å². The Morgan fingerprint density at radius 1 is 1.21 bits per heavy atom. The summed E-state index contributed by atoms with van der Waals surface area (Å²) in [7, 11) is 0. The van der Waals surface area contributed by atoms with Crippen molar-refractivity contribution in [2.75, 3.05) is 32.7 Å². The van der Waals surface area contributed by atoms with Crippen LogP contribution in [0.15, 0.2) is 0 Å². The third-order valence-electron chi connectivity index (χ3n) is 4.03. The molecule has 0 aromatic rings. The molecule has 1 heterocycles. The second kappa shape index (κ2) is 9.81. The van der Waals surface area contributed by atoms with Crippen molar-refractivity contribution in [2.45, 2.75) is 38.6 Å². The van der Waals surface area contributed by atoms with E-state index in [0.717, 1.165) is 32.6 Å². The smallest absolute Gasteiger partial charge is 0.234 e. The first-order valence-electron chi connectivity index (χ1n) is 6.98. The van der Waals surface area contributed by atoms with Crippen molar-refractivity contribution in [1.82, 2.24) is 15.5 Å². The van der Waals surface area contributed by atoms with Crippen LogP contribution in [0.4, 0.5) is 0 Å². The maximum atomic E-state index is 12.0. The van der Waals surface area contributed by atoms with Crippen LogP contribution in [0, 0.1) is 5.92 Å². The van der Waals surface area contributed by atoms with Crippen molar-refractivity contribution in [3.63, 3.8) is 0 Å². The summed E-state index contributed by atoms with van der Waals surface area (Å²) in [6, 6.07) is 0.416. The van der Waals surface area contributed by atoms with Crippen molar-refractivity contribution in [2.24, 2.45) is 5.92 Å². The van der Waals surface area contributed by atoms with E-state index in [0.29, 0.717) is 18.5 Å². The van der Waals surface area contributed by atoms with Crippen molar-refractivity contribution >= 4 is 30.7 Å². The summed E-state index contributed by atoms with van der Waals surface area (Å²) < 4.78 is 0. The normalized spacial score (nSPS) is 27.8. The first-order valence-corrected chi connectivity index (χ1v) is 6.98. The molecular weight excluding hydrogens is 285 g/mol. The summed E-state index contributed by atoms with van der Waals surface area (Å²) in [5.74, 6) is 0.862. The van der Waals surface area contributed by atoms with Crippen molar-refractivity contribution in [1.29, 1.82) is 0 Å². The van der Waals surface area contributed by atoms with Crippen LogP contribution in [0.3, 0.4) is 0 Å². The number of hydrogen-bond donors (Lipinski definition) is 2. The molecule has 1 saturated carbocycles. The quantitative estimate of drug-likeness (QED) is 0.829. The van der Waals surface area contributed by atoms with Crippen molar-refractivity contribution in [3.8, 4) is 0 Å². The monoisotopic (exact) mass is 311 g/mol. The zero-order valence-corrected chi connectivity index (χ0v) is 13.3. The fourth-order valence-corrected chi connectivity index (χ4v) is 2.86. The molecule has 2 fully saturated rings. The zero-order valence-electron chi connectivity index (χ0n) is 11.7. The number of rotatable bonds is 3. The highest BCUT2D eigenvalue weighted by molar-refractivity contribution is 5.85. The summed E-state index contributed by atoms with van der Waals surface area (Å²) in [5, 5.41) is 6.52. The lowest BCUT2D eigenvalue weighted by molar-refractivity contribution is -0.123. The molecule has 1 saturated heterocycles. The zero-order chi connectivity index (χ0) is 12.1. The van der Waals surface area contributed by atoms with Crippen LogP contribution in [0.25, 0.3) is 0 Å². The number of halogens is 2. The Bertz CT molecular complexity index is 260. The van der Waals surface area contributed by atoms with Crippen LogP contribution in [0.2, 0.25) is 0 Å². The molecule has 1 aliphatic carbocycles. The number of nitrogens with one attached hydrogen (secondary N) is 2. The van der Waals surface area contributed by atoms with Gasteiger partial charge in [0.15, 0.2) is 0 Å². The lowest BCUT2D eigenvalue weighted by Crippen LogP contribution is -2.50. The molecule has 2 aliphatic rings. The van der Waals surface area contributed by atoms with E-state index in [2.05, 4.69) is 22.5 Å². The molecule has 0 aromatic heterocycles. The maximum absolute atomic E-state index is 12.0. The second-order valence-electron chi connectivity index (χ2n) is 5.46. The molecule has 2 atom stereocenters. The maximum Gasteiger partial charge on any atom is 0.234 e. The highest BCUT2D eigenvalue weighted by Gasteiger charge is 2.23. The number of carbonyl (C=O) groups excluding carboxylic acids is 1. The van der Waals surface area contributed by atoms with Crippen LogP contribution < -0.4 is 10.6 Å². The van der Waals surface area contributed by atoms with E-state index < -0.39 is 0 Å². The molecule has 0 radical (unpaired) electrons. The minimum atomic E-state index is 0. The molecule has 19 heavy (non-hydrogen) atoms. The summed E-state index contributed by atoms with van der Waals surface area (Å²) in [4.78, 5) is 14.2. The van der Waals surface area contributed by atoms with Crippen LogP contribution >= 0.6 is 24.8 Å². The van der Waals surface area contributed by atoms with Gasteiger partial charge in [-0.25, -0.2) is 0 Å². The molecular formula is C13H27Cl2N3O. The molecule has 6 heteroatoms. The number of hydrogen-bond acceptors (Lipinski definition) is 3. The first-order chi connectivity index (χ1) is 8.25. The minimum absolute atomic E-state index is 0. The van der Waals surface area contributed by atoms with E-state index in [1.54, 1.807) is 0 Å². The van der Waals surface area contributed by atoms with E-state index in [-0.39, 0.29) is 30.7 Å². The van der Waals surface area contributed by atoms with Gasteiger partial charge in [0.05, 0.1) is 6.54 Å². The molecule has 0 bridgehead atoms. The number of amides is 1. The standard InChI is InChI=1S/C13H25N3O.2ClH/c1-11-4-2-3-5-12(11)15-13(17)10-16-8-6-14-7-9-16;;/h11-12,14H,2-10H2,1H3,(H,15,17);2*1H. The van der Waals surface area contributed by atoms with Gasteiger partial charge in [0, 0.05) is 32.2 Å². The molecule has 114 valence electrons. The minimum Gasteiger partial charge on any atom is -0.352 e. The molecule has 4 nitrogen and oxygen atoms in total. The summed E-state index contributed by atoms with van der Waals surface area (Å²) in [6.45, 7) is 6.83. The Kier molecular flexibility index (Phi) is 9.79. The van der Waals surface area contributed by atoms with Gasteiger partial charge in [-0.3, -0.25) is 9.69 Å². The highest BCUT2D eigenvalue weighted by Crippen LogP contribution is 2.23. The first kappa shape index (κ1) is 19.0. The van der Waals surface area contributed by atoms with Crippen molar-refractivity contribution < 1.29 is 4.79 Å². The lowest BCUT2D eigenvalue weighted by atomic mass is 9.86. The fraction of sp³-hybridized carbons (Fsp3) is 0.923. The van der Waals surface area contributed by atoms with Gasteiger partial charge >= 0.3 is 0 Å². The molecule has 2 unspecified atom stereocenters. The Morgan fingerprint density at radius 2 is 1.84 bits per heavy atom. The van der Waals surface area contributed by atoms with Crippen LogP contribution in [-0.4, -0.2) is 49.6 Å². The van der Waals surface area contributed by atoms with E-state index in [1.165, 1.54) is 19.3 Å². The molecule has 2 N–H and O–H groups in total. The van der Waals surface area contributed by atoms with Gasteiger partial charge in [-0.15, -0.1) is 24.8 Å². The van der Waals surface area contributed by atoms with Gasteiger partial charge in [-0.1, -0.05) is 19.8 Å². The lowest BCUT2D eigenvalue weighted by Gasteiger charge is -2.31. The molecule has 0 aromatic carbocycles. The fourth-order valence-electron chi connectivity index (χ4n) is 2.86. The number of piperazine rings is 1. The van der Waals surface area contributed by atoms with Gasteiger partial charge in [-0.2, -0.15) is 0 Å². The summed E-state index contributed by atoms with van der Waals surface area (Å²) in [6.07, 6.45) is 5.02. The summed E-state index contributed by atoms with van der Waals surface area (Å²) >= 11 is 0. The predicted molar refractivity (Wildman–Crippen MR) is 83.4 cm³/mol. The van der Waals surface area contributed by atoms with E-state index in [9.17, 15) is 4.79 Å². The van der Waals surface area contributed by atoms with Gasteiger partial charge in [0.2, 0.25) is 5.91 Å². The SMILES string of the molecule is CC1CCCCC1NC(=O)CN1CCNCC1.Cl.Cl. The average molecular weight is 312 g/mol. The highest BCUT2D eigenvalue weighted by atomic mass is 35.5. The Balaban J connectivity index is 0.00000162. The largest absolute Gasteiger partial charge is 0.352 e. The van der Waals surface area contributed by atoms with Crippen LogP contribution in [0.1, 0.15) is 32.6 Å². The van der Waals surface area contributed by atoms with E-state index >= 15 is 0 Å². The van der Waals surface area contributed by atoms with Gasteiger partial charge in [0.25, 0.3) is 0 Å². The number of carbonyl (C=O) groups is 1. The number of nitrogens with zero attached hydrogens (tertiary/aromatic N) is 1. The summed E-state index contributed by atoms with van der Waals surface area (Å²) in [5.41, 5.74) is 0. The third kappa shape index (κ3) is 6.30. The second-order valence-corrected chi connectivity index (χ2v) is 5.46. The van der Waals surface area contributed by atoms with Gasteiger partial charge < -0.3 is 10.6 Å². The average Bonchev–Trinajstić information content (AvgIpc) is 2.33. The topological polar surface area (TPSA) is 44.4 Å². The molecule has 0 spiro atoms. The Morgan fingerprint density at radius 3 is 2.47 bits per heavy atom. The van der Waals surface area contributed by atoms with Crippen molar-refractivity contribution in [3.05, 3.63) is 0 Å². The van der Waals surface area contributed by atoms with E-state index in [1.807, 2.05) is 0 Å². The molecule has 1 amide bonds. The van der Waals surface area contributed by atoms with E-state index in [4.69, 9.17) is 0 Å².